The van der Waals surface area contributed by atoms with E-state index in [9.17, 15) is 5.21 Å². The Morgan fingerprint density at radius 2 is 2.00 bits per heavy atom. The molecule has 0 saturated carbocycles. The number of hydroxylamine groups is 3. The molecule has 0 aliphatic rings. The van der Waals surface area contributed by atoms with Crippen LogP contribution >= 0.6 is 0 Å². The SMILES string of the molecule is CC[N+]([O-])(CCO)C(C)C. The quantitative estimate of drug-likeness (QED) is 0.470. The Balaban J connectivity index is 3.94. The minimum absolute atomic E-state index is 0.0183. The van der Waals surface area contributed by atoms with E-state index < -0.39 is 0 Å². The zero-order chi connectivity index (χ0) is 8.20. The van der Waals surface area contributed by atoms with Gasteiger partial charge in [-0.15, -0.1) is 0 Å². The lowest BCUT2D eigenvalue weighted by atomic mass is 10.3. The third kappa shape index (κ3) is 2.25. The van der Waals surface area contributed by atoms with E-state index in [0.29, 0.717) is 13.1 Å². The molecule has 0 heterocycles. The van der Waals surface area contributed by atoms with Crippen molar-refractivity contribution in [2.24, 2.45) is 0 Å². The molecule has 10 heavy (non-hydrogen) atoms. The summed E-state index contributed by atoms with van der Waals surface area (Å²) in [4.78, 5) is 0. The van der Waals surface area contributed by atoms with Crippen LogP contribution in [-0.4, -0.2) is 35.5 Å². The lowest BCUT2D eigenvalue weighted by molar-refractivity contribution is -0.900. The smallest absolute Gasteiger partial charge is 0.102 e. The molecule has 0 aliphatic carbocycles. The summed E-state index contributed by atoms with van der Waals surface area (Å²) in [6.45, 7) is 6.45. The maximum absolute atomic E-state index is 11.5. The molecule has 0 bridgehead atoms. The summed E-state index contributed by atoms with van der Waals surface area (Å²) < 4.78 is -0.281. The molecule has 0 fully saturated rings. The second-order valence-corrected chi connectivity index (χ2v) is 2.81. The number of rotatable bonds is 4. The van der Waals surface area contributed by atoms with Gasteiger partial charge in [0.1, 0.15) is 6.54 Å². The molecule has 0 amide bonds. The van der Waals surface area contributed by atoms with Crippen molar-refractivity contribution in [2.45, 2.75) is 26.8 Å². The van der Waals surface area contributed by atoms with Gasteiger partial charge in [0.15, 0.2) is 0 Å². The summed E-state index contributed by atoms with van der Waals surface area (Å²) in [6, 6.07) is 0.0529. The standard InChI is InChI=1S/C7H17NO2/c1-4-8(10,5-6-9)7(2)3/h7,9H,4-6H2,1-3H3. The first-order valence-corrected chi connectivity index (χ1v) is 3.75. The van der Waals surface area contributed by atoms with E-state index >= 15 is 0 Å². The molecule has 1 unspecified atom stereocenters. The van der Waals surface area contributed by atoms with E-state index in [1.807, 2.05) is 20.8 Å². The molecule has 0 spiro atoms. The van der Waals surface area contributed by atoms with Crippen LogP contribution in [0.1, 0.15) is 20.8 Å². The molecule has 0 aromatic carbocycles. The second-order valence-electron chi connectivity index (χ2n) is 2.81. The van der Waals surface area contributed by atoms with Crippen molar-refractivity contribution in [3.8, 4) is 0 Å². The minimum atomic E-state index is -0.281. The maximum atomic E-state index is 11.5. The van der Waals surface area contributed by atoms with Gasteiger partial charge in [0, 0.05) is 0 Å². The van der Waals surface area contributed by atoms with Crippen molar-refractivity contribution in [2.75, 3.05) is 19.7 Å². The van der Waals surface area contributed by atoms with Crippen molar-refractivity contribution in [3.05, 3.63) is 5.21 Å². The molecule has 1 N–H and O–H groups in total. The first kappa shape index (κ1) is 9.88. The Kier molecular flexibility index (Phi) is 3.86. The monoisotopic (exact) mass is 147 g/mol. The molecular formula is C7H17NO2. The van der Waals surface area contributed by atoms with Gasteiger partial charge in [0.25, 0.3) is 0 Å². The first-order valence-electron chi connectivity index (χ1n) is 3.75. The average molecular weight is 147 g/mol. The molecule has 0 saturated heterocycles. The summed E-state index contributed by atoms with van der Waals surface area (Å²) >= 11 is 0. The Hall–Kier alpha value is -0.120. The predicted octanol–water partition coefficient (Wildman–Crippen LogP) is 0.722. The largest absolute Gasteiger partial charge is 0.633 e. The normalized spacial score (nSPS) is 17.4. The van der Waals surface area contributed by atoms with Crippen LogP contribution in [0.3, 0.4) is 0 Å². The Morgan fingerprint density at radius 3 is 2.10 bits per heavy atom. The molecule has 3 nitrogen and oxygen atoms in total. The Morgan fingerprint density at radius 1 is 1.50 bits per heavy atom. The molecule has 0 rings (SSSR count). The zero-order valence-corrected chi connectivity index (χ0v) is 7.00. The summed E-state index contributed by atoms with van der Waals surface area (Å²) in [6.07, 6.45) is 0. The minimum Gasteiger partial charge on any atom is -0.633 e. The van der Waals surface area contributed by atoms with Crippen LogP contribution in [0.4, 0.5) is 0 Å². The van der Waals surface area contributed by atoms with Crippen LogP contribution in [0, 0.1) is 5.21 Å². The van der Waals surface area contributed by atoms with Crippen molar-refractivity contribution in [3.63, 3.8) is 0 Å². The molecular weight excluding hydrogens is 130 g/mol. The third-order valence-electron chi connectivity index (χ3n) is 1.95. The first-order chi connectivity index (χ1) is 4.56. The van der Waals surface area contributed by atoms with Crippen LogP contribution in [0.2, 0.25) is 0 Å². The predicted molar refractivity (Wildman–Crippen MR) is 41.3 cm³/mol. The molecule has 0 radical (unpaired) electrons. The van der Waals surface area contributed by atoms with Crippen molar-refractivity contribution in [1.29, 1.82) is 0 Å². The van der Waals surface area contributed by atoms with Crippen LogP contribution in [0.15, 0.2) is 0 Å². The van der Waals surface area contributed by atoms with E-state index in [0.717, 1.165) is 0 Å². The van der Waals surface area contributed by atoms with Gasteiger partial charge in [-0.3, -0.25) is 0 Å². The summed E-state index contributed by atoms with van der Waals surface area (Å²) in [7, 11) is 0. The topological polar surface area (TPSA) is 43.3 Å². The fourth-order valence-corrected chi connectivity index (χ4v) is 0.951. The van der Waals surface area contributed by atoms with E-state index in [4.69, 9.17) is 5.11 Å². The summed E-state index contributed by atoms with van der Waals surface area (Å²) in [5.41, 5.74) is 0. The van der Waals surface area contributed by atoms with Gasteiger partial charge in [0.05, 0.1) is 19.2 Å². The highest BCUT2D eigenvalue weighted by atomic mass is 16.5. The molecule has 0 aromatic heterocycles. The Bertz CT molecular complexity index is 95.6. The number of quaternary nitrogens is 1. The van der Waals surface area contributed by atoms with E-state index in [-0.39, 0.29) is 17.3 Å². The maximum Gasteiger partial charge on any atom is 0.102 e. The summed E-state index contributed by atoms with van der Waals surface area (Å²) in [5.74, 6) is 0. The van der Waals surface area contributed by atoms with Crippen LogP contribution in [0.25, 0.3) is 0 Å². The highest BCUT2D eigenvalue weighted by Crippen LogP contribution is 2.09. The number of aliphatic hydroxyl groups is 1. The fourth-order valence-electron chi connectivity index (χ4n) is 0.951. The number of hydrogen-bond acceptors (Lipinski definition) is 2. The van der Waals surface area contributed by atoms with Crippen LogP contribution in [0.5, 0.6) is 0 Å². The lowest BCUT2D eigenvalue weighted by Crippen LogP contribution is -2.49. The third-order valence-corrected chi connectivity index (χ3v) is 1.95. The molecule has 0 aliphatic heterocycles. The lowest BCUT2D eigenvalue weighted by Gasteiger charge is -2.45. The highest BCUT2D eigenvalue weighted by molar-refractivity contribution is 4.46. The van der Waals surface area contributed by atoms with Crippen molar-refractivity contribution < 1.29 is 9.75 Å². The van der Waals surface area contributed by atoms with E-state index in [2.05, 4.69) is 0 Å². The Labute approximate surface area is 62.4 Å². The number of hydrogen-bond donors (Lipinski definition) is 1. The van der Waals surface area contributed by atoms with Crippen LogP contribution < -0.4 is 0 Å². The van der Waals surface area contributed by atoms with Gasteiger partial charge >= 0.3 is 0 Å². The molecule has 3 heteroatoms. The van der Waals surface area contributed by atoms with E-state index in [1.54, 1.807) is 0 Å². The van der Waals surface area contributed by atoms with Gasteiger partial charge in [0.2, 0.25) is 0 Å². The van der Waals surface area contributed by atoms with Crippen molar-refractivity contribution in [1.82, 2.24) is 0 Å². The number of aliphatic hydroxyl groups excluding tert-OH is 1. The van der Waals surface area contributed by atoms with Gasteiger partial charge < -0.3 is 15.0 Å². The average Bonchev–Trinajstić information content (AvgIpc) is 1.88. The van der Waals surface area contributed by atoms with Gasteiger partial charge in [-0.2, -0.15) is 0 Å². The second kappa shape index (κ2) is 3.91. The number of likely N-dealkylation sites (N-methyl/N-ethyl adjacent to an activating group) is 1. The van der Waals surface area contributed by atoms with Gasteiger partial charge in [-0.1, -0.05) is 0 Å². The zero-order valence-electron chi connectivity index (χ0n) is 7.00. The van der Waals surface area contributed by atoms with Gasteiger partial charge in [-0.05, 0) is 20.8 Å². The number of nitrogens with zero attached hydrogens (tertiary/aromatic N) is 1. The molecule has 0 aromatic rings. The van der Waals surface area contributed by atoms with Crippen molar-refractivity contribution >= 4 is 0 Å². The fraction of sp³-hybridized carbons (Fsp3) is 1.00. The summed E-state index contributed by atoms with van der Waals surface area (Å²) in [5, 5.41) is 20.1. The van der Waals surface area contributed by atoms with E-state index in [1.165, 1.54) is 0 Å². The molecule has 62 valence electrons. The highest BCUT2D eigenvalue weighted by Gasteiger charge is 2.17. The molecule has 1 atom stereocenters. The van der Waals surface area contributed by atoms with Crippen LogP contribution in [-0.2, 0) is 0 Å². The van der Waals surface area contributed by atoms with Gasteiger partial charge in [-0.25, -0.2) is 0 Å².